The van der Waals surface area contributed by atoms with Crippen molar-refractivity contribution in [2.24, 2.45) is 0 Å². The topological polar surface area (TPSA) is 29.1 Å². The maximum Gasteiger partial charge on any atom is 0.224 e. The molecule has 1 amide bonds. The van der Waals surface area contributed by atoms with E-state index in [2.05, 4.69) is 23.5 Å². The van der Waals surface area contributed by atoms with E-state index in [1.807, 2.05) is 43.3 Å². The Morgan fingerprint density at radius 2 is 1.75 bits per heavy atom. The quantitative estimate of drug-likeness (QED) is 0.800. The van der Waals surface area contributed by atoms with Gasteiger partial charge in [-0.3, -0.25) is 4.79 Å². The largest absolute Gasteiger partial charge is 0.356 e. The Kier molecular flexibility index (Phi) is 5.36. The fraction of sp³-hybridized carbons (Fsp3) is 0.278. The zero-order chi connectivity index (χ0) is 14.2. The Morgan fingerprint density at radius 3 is 2.50 bits per heavy atom. The summed E-state index contributed by atoms with van der Waals surface area (Å²) in [7, 11) is 0. The van der Waals surface area contributed by atoms with Crippen LogP contribution < -0.4 is 5.32 Å². The van der Waals surface area contributed by atoms with Crippen LogP contribution in [0.5, 0.6) is 0 Å². The summed E-state index contributed by atoms with van der Waals surface area (Å²) in [4.78, 5) is 11.8. The first kappa shape index (κ1) is 14.3. The van der Waals surface area contributed by atoms with Gasteiger partial charge in [0.15, 0.2) is 0 Å². The second-order valence-corrected chi connectivity index (χ2v) is 5.10. The van der Waals surface area contributed by atoms with Crippen LogP contribution in [0.25, 0.3) is 0 Å². The van der Waals surface area contributed by atoms with E-state index >= 15 is 0 Å². The van der Waals surface area contributed by atoms with E-state index in [4.69, 9.17) is 0 Å². The Morgan fingerprint density at radius 1 is 1.00 bits per heavy atom. The highest BCUT2D eigenvalue weighted by atomic mass is 16.1. The van der Waals surface area contributed by atoms with E-state index in [9.17, 15) is 4.79 Å². The molecule has 0 saturated heterocycles. The summed E-state index contributed by atoms with van der Waals surface area (Å²) in [6.07, 6.45) is 2.45. The number of benzene rings is 2. The van der Waals surface area contributed by atoms with Gasteiger partial charge < -0.3 is 5.32 Å². The molecule has 0 aliphatic heterocycles. The van der Waals surface area contributed by atoms with Crippen LogP contribution in [0.3, 0.4) is 0 Å². The Balaban J connectivity index is 1.68. The molecule has 0 fully saturated rings. The van der Waals surface area contributed by atoms with Crippen LogP contribution in [0, 0.1) is 6.92 Å². The lowest BCUT2D eigenvalue weighted by Gasteiger charge is -2.06. The lowest BCUT2D eigenvalue weighted by molar-refractivity contribution is -0.120. The molecule has 0 heterocycles. The van der Waals surface area contributed by atoms with Gasteiger partial charge in [0.2, 0.25) is 5.91 Å². The third kappa shape index (κ3) is 4.88. The van der Waals surface area contributed by atoms with Crippen LogP contribution in [0.2, 0.25) is 0 Å². The number of rotatable bonds is 6. The van der Waals surface area contributed by atoms with E-state index in [0.717, 1.165) is 24.9 Å². The minimum absolute atomic E-state index is 0.101. The first-order valence-corrected chi connectivity index (χ1v) is 7.10. The van der Waals surface area contributed by atoms with Gasteiger partial charge in [0, 0.05) is 6.54 Å². The van der Waals surface area contributed by atoms with Crippen LogP contribution in [0.1, 0.15) is 23.1 Å². The van der Waals surface area contributed by atoms with Gasteiger partial charge >= 0.3 is 0 Å². The number of carbonyl (C=O) groups excluding carboxylic acids is 1. The van der Waals surface area contributed by atoms with Crippen molar-refractivity contribution in [2.75, 3.05) is 6.54 Å². The molecule has 0 atom stereocenters. The van der Waals surface area contributed by atoms with Gasteiger partial charge in [0.1, 0.15) is 0 Å². The van der Waals surface area contributed by atoms with Crippen molar-refractivity contribution in [1.29, 1.82) is 0 Å². The third-order valence-corrected chi connectivity index (χ3v) is 3.25. The molecular weight excluding hydrogens is 246 g/mol. The zero-order valence-electron chi connectivity index (χ0n) is 11.9. The van der Waals surface area contributed by atoms with Crippen molar-refractivity contribution in [3.05, 3.63) is 71.3 Å². The number of nitrogens with one attached hydrogen (secondary N) is 1. The van der Waals surface area contributed by atoms with Gasteiger partial charge in [-0.15, -0.1) is 0 Å². The summed E-state index contributed by atoms with van der Waals surface area (Å²) < 4.78 is 0. The van der Waals surface area contributed by atoms with Crippen molar-refractivity contribution >= 4 is 5.91 Å². The van der Waals surface area contributed by atoms with Crippen LogP contribution in [0.4, 0.5) is 0 Å². The molecule has 0 aliphatic rings. The Bertz CT molecular complexity index is 548. The smallest absolute Gasteiger partial charge is 0.224 e. The van der Waals surface area contributed by atoms with Gasteiger partial charge in [-0.25, -0.2) is 0 Å². The van der Waals surface area contributed by atoms with E-state index < -0.39 is 0 Å². The van der Waals surface area contributed by atoms with Crippen LogP contribution >= 0.6 is 0 Å². The standard InChI is InChI=1S/C18H21NO/c1-15-7-5-10-17(13-15)14-18(20)19-12-6-11-16-8-3-2-4-9-16/h2-5,7-10,13H,6,11-12,14H2,1H3,(H,19,20). The number of carbonyl (C=O) groups is 1. The molecule has 104 valence electrons. The molecule has 2 rings (SSSR count). The van der Waals surface area contributed by atoms with Crippen molar-refractivity contribution in [3.63, 3.8) is 0 Å². The molecule has 2 aromatic carbocycles. The van der Waals surface area contributed by atoms with Crippen molar-refractivity contribution in [2.45, 2.75) is 26.2 Å². The van der Waals surface area contributed by atoms with Crippen molar-refractivity contribution in [3.8, 4) is 0 Å². The molecule has 1 N–H and O–H groups in total. The van der Waals surface area contributed by atoms with E-state index in [-0.39, 0.29) is 5.91 Å². The van der Waals surface area contributed by atoms with Gasteiger partial charge in [-0.05, 0) is 30.9 Å². The molecular formula is C18H21NO. The average Bonchev–Trinajstić information content (AvgIpc) is 2.45. The van der Waals surface area contributed by atoms with Crippen molar-refractivity contribution in [1.82, 2.24) is 5.32 Å². The maximum atomic E-state index is 11.8. The molecule has 2 aromatic rings. The Labute approximate surface area is 120 Å². The minimum Gasteiger partial charge on any atom is -0.356 e. The maximum absolute atomic E-state index is 11.8. The lowest BCUT2D eigenvalue weighted by Crippen LogP contribution is -2.26. The minimum atomic E-state index is 0.101. The molecule has 20 heavy (non-hydrogen) atoms. The monoisotopic (exact) mass is 267 g/mol. The predicted octanol–water partition coefficient (Wildman–Crippen LogP) is 3.29. The van der Waals surface area contributed by atoms with Gasteiger partial charge in [0.05, 0.1) is 6.42 Å². The van der Waals surface area contributed by atoms with Gasteiger partial charge in [0.25, 0.3) is 0 Å². The molecule has 0 bridgehead atoms. The van der Waals surface area contributed by atoms with E-state index in [1.54, 1.807) is 0 Å². The number of amides is 1. The fourth-order valence-electron chi connectivity index (χ4n) is 2.23. The van der Waals surface area contributed by atoms with Crippen LogP contribution in [0.15, 0.2) is 54.6 Å². The fourth-order valence-corrected chi connectivity index (χ4v) is 2.23. The van der Waals surface area contributed by atoms with E-state index in [1.165, 1.54) is 11.1 Å². The number of aryl methyl sites for hydroxylation is 2. The average molecular weight is 267 g/mol. The summed E-state index contributed by atoms with van der Waals surface area (Å²) in [6.45, 7) is 2.78. The summed E-state index contributed by atoms with van der Waals surface area (Å²) in [5, 5.41) is 2.98. The van der Waals surface area contributed by atoms with Gasteiger partial charge in [-0.1, -0.05) is 60.2 Å². The second-order valence-electron chi connectivity index (χ2n) is 5.10. The van der Waals surface area contributed by atoms with Crippen molar-refractivity contribution < 1.29 is 4.79 Å². The summed E-state index contributed by atoms with van der Waals surface area (Å²) in [5.74, 6) is 0.101. The lowest BCUT2D eigenvalue weighted by atomic mass is 10.1. The van der Waals surface area contributed by atoms with Gasteiger partial charge in [-0.2, -0.15) is 0 Å². The number of hydrogen-bond acceptors (Lipinski definition) is 1. The summed E-state index contributed by atoms with van der Waals surface area (Å²) in [6, 6.07) is 18.4. The van der Waals surface area contributed by atoms with E-state index in [0.29, 0.717) is 6.42 Å². The first-order valence-electron chi connectivity index (χ1n) is 7.10. The molecule has 0 saturated carbocycles. The number of hydrogen-bond donors (Lipinski definition) is 1. The van der Waals surface area contributed by atoms with Crippen LogP contribution in [-0.2, 0) is 17.6 Å². The molecule has 0 unspecified atom stereocenters. The SMILES string of the molecule is Cc1cccc(CC(=O)NCCCc2ccccc2)c1. The summed E-state index contributed by atoms with van der Waals surface area (Å²) >= 11 is 0. The predicted molar refractivity (Wildman–Crippen MR) is 82.7 cm³/mol. The molecule has 2 heteroatoms. The third-order valence-electron chi connectivity index (χ3n) is 3.25. The van der Waals surface area contributed by atoms with Crippen LogP contribution in [-0.4, -0.2) is 12.5 Å². The molecule has 2 nitrogen and oxygen atoms in total. The second kappa shape index (κ2) is 7.49. The highest BCUT2D eigenvalue weighted by molar-refractivity contribution is 5.78. The highest BCUT2D eigenvalue weighted by Gasteiger charge is 2.02. The zero-order valence-corrected chi connectivity index (χ0v) is 11.9. The first-order chi connectivity index (χ1) is 9.74. The highest BCUT2D eigenvalue weighted by Crippen LogP contribution is 2.05. The molecule has 0 aliphatic carbocycles. The summed E-state index contributed by atoms with van der Waals surface area (Å²) in [5.41, 5.74) is 3.59. The normalized spacial score (nSPS) is 10.2. The molecule has 0 aromatic heterocycles. The molecule has 0 spiro atoms. The molecule has 0 radical (unpaired) electrons. The Hall–Kier alpha value is -2.09.